The molecule has 2 saturated heterocycles. The maximum atomic E-state index is 14.0. The fourth-order valence-electron chi connectivity index (χ4n) is 9.72. The number of hydrogen-bond acceptors (Lipinski definition) is 18. The Labute approximate surface area is 505 Å². The van der Waals surface area contributed by atoms with E-state index in [1.807, 2.05) is 32.9 Å². The van der Waals surface area contributed by atoms with E-state index in [1.54, 1.807) is 58.0 Å². The van der Waals surface area contributed by atoms with Crippen molar-refractivity contribution in [1.82, 2.24) is 31.9 Å². The Hall–Kier alpha value is -6.74. The average molecular weight is 1230 g/mol. The molecule has 0 spiro atoms. The van der Waals surface area contributed by atoms with Crippen LogP contribution in [0.25, 0.3) is 0 Å². The number of hydrogen-bond donors (Lipinski definition) is 10. The van der Waals surface area contributed by atoms with Gasteiger partial charge in [0.2, 0.25) is 29.5 Å². The third kappa shape index (κ3) is 20.7. The lowest BCUT2D eigenvalue weighted by atomic mass is 9.92. The Kier molecular flexibility index (Phi) is 26.7. The molecule has 476 valence electrons. The molecule has 2 aromatic carbocycles. The number of benzene rings is 2. The molecule has 25 nitrogen and oxygen atoms in total. The highest BCUT2D eigenvalue weighted by atomic mass is 35.5. The maximum Gasteiger partial charge on any atom is 0.347 e. The molecule has 6 amide bonds. The fraction of sp³-hybridized carbons (Fsp3) is 0.617. The van der Waals surface area contributed by atoms with Crippen LogP contribution in [0.5, 0.6) is 5.75 Å². The molecule has 0 aliphatic carbocycles. The Morgan fingerprint density at radius 2 is 1.52 bits per heavy atom. The number of esters is 2. The van der Waals surface area contributed by atoms with E-state index in [9.17, 15) is 58.5 Å². The SMILES string of the molecule is COc1ccc(C[C@H]2NC(=O)/C=C/CC([C@H](C)[C@H]3O[C@@H]3c3ccc(CNC(=O)[C@H](CCCCNC(=O)[C@H]4O[C@@H](OC)[C@H](O)C(O)[C@@H]4O)NC(=O)[C@@H](NC(=O)CCCC(=O)O)C(C)C)cc3)OC(=O)[C@H](CC(C)C)OC(=O)C(C)(C)CNC2=O)cc1Cl. The molecule has 3 heterocycles. The molecule has 2 aromatic rings. The van der Waals surface area contributed by atoms with Crippen LogP contribution in [-0.4, -0.2) is 168 Å². The van der Waals surface area contributed by atoms with Crippen LogP contribution in [0, 0.1) is 23.2 Å². The van der Waals surface area contributed by atoms with Crippen molar-refractivity contribution in [2.45, 2.75) is 186 Å². The fourth-order valence-corrected chi connectivity index (χ4v) is 10.00. The molecular formula is C60H85ClN6O19. The lowest BCUT2D eigenvalue weighted by Gasteiger charge is -2.38. The van der Waals surface area contributed by atoms with E-state index in [1.165, 1.54) is 26.4 Å². The molecule has 2 unspecified atom stereocenters. The number of carboxylic acids is 1. The molecule has 10 N–H and O–H groups in total. The smallest absolute Gasteiger partial charge is 0.347 e. The van der Waals surface area contributed by atoms with Crippen LogP contribution in [-0.2, 0) is 79.8 Å². The number of cyclic esters (lactones) is 2. The first-order valence-electron chi connectivity index (χ1n) is 29.0. The first kappa shape index (κ1) is 70.0. The number of ether oxygens (including phenoxy) is 6. The third-order valence-corrected chi connectivity index (χ3v) is 15.3. The Bertz CT molecular complexity index is 2710. The van der Waals surface area contributed by atoms with Gasteiger partial charge in [0, 0.05) is 58.3 Å². The number of amides is 6. The van der Waals surface area contributed by atoms with Crippen LogP contribution >= 0.6 is 11.6 Å². The predicted octanol–water partition coefficient (Wildman–Crippen LogP) is 2.36. The molecular weight excluding hydrogens is 1140 g/mol. The van der Waals surface area contributed by atoms with Gasteiger partial charge in [0.15, 0.2) is 18.5 Å². The highest BCUT2D eigenvalue weighted by Gasteiger charge is 2.49. The number of aliphatic hydroxyl groups is 3. The second kappa shape index (κ2) is 32.8. The number of rotatable bonds is 26. The maximum absolute atomic E-state index is 14.0. The van der Waals surface area contributed by atoms with E-state index in [4.69, 9.17) is 45.1 Å². The van der Waals surface area contributed by atoms with Crippen LogP contribution in [0.1, 0.15) is 123 Å². The number of nitrogens with one attached hydrogen (secondary N) is 6. The summed E-state index contributed by atoms with van der Waals surface area (Å²) in [6.45, 7) is 12.0. The van der Waals surface area contributed by atoms with Gasteiger partial charge in [-0.05, 0) is 92.7 Å². The van der Waals surface area contributed by atoms with E-state index in [2.05, 4.69) is 31.9 Å². The molecule has 3 aliphatic rings. The highest BCUT2D eigenvalue weighted by molar-refractivity contribution is 6.32. The number of carboxylic acid groups (broad SMARTS) is 1. The number of methoxy groups -OCH3 is 2. The minimum absolute atomic E-state index is 0.0199. The van der Waals surface area contributed by atoms with Gasteiger partial charge in [-0.15, -0.1) is 0 Å². The normalized spacial score (nSPS) is 25.9. The predicted molar refractivity (Wildman–Crippen MR) is 309 cm³/mol. The van der Waals surface area contributed by atoms with Gasteiger partial charge >= 0.3 is 17.9 Å². The lowest BCUT2D eigenvalue weighted by Crippen LogP contribution is -2.61. The van der Waals surface area contributed by atoms with Crippen LogP contribution in [0.2, 0.25) is 5.02 Å². The van der Waals surface area contributed by atoms with Crippen molar-refractivity contribution >= 4 is 65.0 Å². The van der Waals surface area contributed by atoms with Crippen LogP contribution in [0.4, 0.5) is 0 Å². The summed E-state index contributed by atoms with van der Waals surface area (Å²) < 4.78 is 33.8. The Morgan fingerprint density at radius 3 is 2.16 bits per heavy atom. The molecule has 5 rings (SSSR count). The number of carbonyl (C=O) groups is 9. The molecule has 0 saturated carbocycles. The van der Waals surface area contributed by atoms with Crippen LogP contribution in [0.15, 0.2) is 54.6 Å². The molecule has 2 fully saturated rings. The molecule has 0 radical (unpaired) electrons. The molecule has 13 atom stereocenters. The minimum atomic E-state index is -1.75. The van der Waals surface area contributed by atoms with Gasteiger partial charge in [0.25, 0.3) is 5.91 Å². The summed E-state index contributed by atoms with van der Waals surface area (Å²) in [6, 6.07) is 8.89. The van der Waals surface area contributed by atoms with Crippen molar-refractivity contribution in [1.29, 1.82) is 0 Å². The summed E-state index contributed by atoms with van der Waals surface area (Å²) >= 11 is 6.39. The standard InChI is InChI=1S/C60H85ClN6O19/c1-31(2)26-42-57(79)83-40(15-12-16-43(68)65-39(28-35-21-24-41(81-8)37(61)27-35)54(76)64-30-60(6,7)59(80)84-42)33(5)50-51(85-50)36-22-19-34(20-23-36)29-63-53(75)38(66-55(77)46(32(3)4)67-44(69)17-13-18-45(70)71)14-10-11-25-62-56(78)52-48(73)47(72)49(74)58(82-9)86-52/h12,16,19-24,27,31-33,38-40,42,46-52,58,72-74H,10-11,13-15,17-18,25-26,28-30H2,1-9H3,(H,62,78)(H,63,75)(H,64,76)(H,65,68)(H,66,77)(H,67,69)(H,70,71)/b16-12+/t33-,38-,39+,40?,42-,46-,47?,48-,49+,50+,51+,52-,58+/m0/s1. The topological polar surface area (TPSA) is 365 Å². The number of aliphatic carboxylic acids is 1. The number of carbonyl (C=O) groups excluding carboxylic acids is 8. The zero-order chi connectivity index (χ0) is 63.6. The molecule has 0 bridgehead atoms. The number of halogens is 1. The van der Waals surface area contributed by atoms with Crippen LogP contribution in [0.3, 0.4) is 0 Å². The van der Waals surface area contributed by atoms with E-state index >= 15 is 0 Å². The van der Waals surface area contributed by atoms with Gasteiger partial charge in [0.05, 0.1) is 23.7 Å². The van der Waals surface area contributed by atoms with Gasteiger partial charge in [-0.1, -0.05) is 82.6 Å². The summed E-state index contributed by atoms with van der Waals surface area (Å²) in [5, 5.41) is 56.4. The van der Waals surface area contributed by atoms with Gasteiger partial charge in [-0.3, -0.25) is 38.4 Å². The number of aliphatic hydroxyl groups excluding tert-OH is 3. The third-order valence-electron chi connectivity index (χ3n) is 15.0. The monoisotopic (exact) mass is 1230 g/mol. The van der Waals surface area contributed by atoms with Gasteiger partial charge < -0.3 is 80.7 Å². The zero-order valence-electron chi connectivity index (χ0n) is 50.1. The van der Waals surface area contributed by atoms with Crippen molar-refractivity contribution in [2.75, 3.05) is 27.3 Å². The van der Waals surface area contributed by atoms with Crippen LogP contribution < -0.4 is 36.6 Å². The van der Waals surface area contributed by atoms with E-state index in [-0.39, 0.29) is 83.3 Å². The highest BCUT2D eigenvalue weighted by Crippen LogP contribution is 2.45. The molecule has 26 heteroatoms. The van der Waals surface area contributed by atoms with Crippen molar-refractivity contribution in [3.8, 4) is 5.75 Å². The largest absolute Gasteiger partial charge is 0.495 e. The molecule has 86 heavy (non-hydrogen) atoms. The van der Waals surface area contributed by atoms with Gasteiger partial charge in [0.1, 0.15) is 54.4 Å². The summed E-state index contributed by atoms with van der Waals surface area (Å²) in [7, 11) is 2.67. The Balaban J connectivity index is 1.27. The summed E-state index contributed by atoms with van der Waals surface area (Å²) in [4.78, 5) is 119. The van der Waals surface area contributed by atoms with Crippen molar-refractivity contribution in [3.63, 3.8) is 0 Å². The Morgan fingerprint density at radius 1 is 0.826 bits per heavy atom. The second-order valence-electron chi connectivity index (χ2n) is 23.3. The van der Waals surface area contributed by atoms with E-state index in [0.717, 1.165) is 5.56 Å². The van der Waals surface area contributed by atoms with Gasteiger partial charge in [-0.25, -0.2) is 4.79 Å². The first-order valence-corrected chi connectivity index (χ1v) is 29.3. The summed E-state index contributed by atoms with van der Waals surface area (Å²) in [5.41, 5.74) is 0.755. The van der Waals surface area contributed by atoms with Crippen molar-refractivity contribution in [3.05, 3.63) is 76.3 Å². The van der Waals surface area contributed by atoms with Crippen molar-refractivity contribution < 1.29 is 92.0 Å². The quantitative estimate of drug-likeness (QED) is 0.0367. The van der Waals surface area contributed by atoms with Crippen molar-refractivity contribution in [2.24, 2.45) is 23.2 Å². The molecule has 0 aromatic heterocycles. The minimum Gasteiger partial charge on any atom is -0.495 e. The lowest BCUT2D eigenvalue weighted by molar-refractivity contribution is -0.283. The summed E-state index contributed by atoms with van der Waals surface area (Å²) in [5.74, 6) is -6.88. The average Bonchev–Trinajstić information content (AvgIpc) is 1.95. The van der Waals surface area contributed by atoms with E-state index < -0.39 is 144 Å². The molecule has 3 aliphatic heterocycles. The second-order valence-corrected chi connectivity index (χ2v) is 23.7. The number of epoxide rings is 1. The first-order chi connectivity index (χ1) is 40.6. The number of unbranched alkanes of at least 4 members (excludes halogenated alkanes) is 1. The van der Waals surface area contributed by atoms with Gasteiger partial charge in [-0.2, -0.15) is 0 Å². The zero-order valence-corrected chi connectivity index (χ0v) is 50.9. The summed E-state index contributed by atoms with van der Waals surface area (Å²) in [6.07, 6.45) is -7.76. The van der Waals surface area contributed by atoms with E-state index in [0.29, 0.717) is 21.9 Å².